The molecule has 0 saturated heterocycles. The molecular formula is C23H27N3O2S. The minimum atomic E-state index is -0.199. The number of para-hydroxylation sites is 1. The average Bonchev–Trinajstić information content (AvgIpc) is 3.24. The normalized spacial score (nSPS) is 13.4. The first-order chi connectivity index (χ1) is 13.9. The van der Waals surface area contributed by atoms with Crippen molar-refractivity contribution in [1.82, 2.24) is 9.55 Å². The van der Waals surface area contributed by atoms with Crippen molar-refractivity contribution in [1.29, 1.82) is 0 Å². The number of thiophene rings is 1. The molecule has 0 fully saturated rings. The number of fused-ring (bicyclic) bond motifs is 3. The molecule has 0 saturated carbocycles. The van der Waals surface area contributed by atoms with Gasteiger partial charge in [-0.15, -0.1) is 11.3 Å². The second kappa shape index (κ2) is 7.75. The van der Waals surface area contributed by atoms with Crippen LogP contribution in [-0.4, -0.2) is 15.5 Å². The molecule has 0 bridgehead atoms. The van der Waals surface area contributed by atoms with E-state index in [-0.39, 0.29) is 29.8 Å². The van der Waals surface area contributed by atoms with E-state index in [2.05, 4.69) is 50.1 Å². The van der Waals surface area contributed by atoms with Crippen molar-refractivity contribution in [2.45, 2.75) is 65.3 Å². The Morgan fingerprint density at radius 1 is 1.17 bits per heavy atom. The molecule has 1 N–H and O–H groups in total. The Morgan fingerprint density at radius 3 is 2.52 bits per heavy atom. The maximum atomic E-state index is 13.0. The summed E-state index contributed by atoms with van der Waals surface area (Å²) in [6.07, 6.45) is 4.56. The SMILES string of the molecule is CC(C)c1cccc(C(C)C)c1NC(=O)Cn1cnc2sc3c(c2c1=O)CCC3. The Morgan fingerprint density at radius 2 is 1.86 bits per heavy atom. The van der Waals surface area contributed by atoms with E-state index in [1.807, 2.05) is 6.07 Å². The van der Waals surface area contributed by atoms with E-state index in [4.69, 9.17) is 0 Å². The van der Waals surface area contributed by atoms with Crippen molar-refractivity contribution >= 4 is 33.1 Å². The maximum absolute atomic E-state index is 13.0. The highest BCUT2D eigenvalue weighted by atomic mass is 32.1. The number of nitrogens with zero attached hydrogens (tertiary/aromatic N) is 2. The summed E-state index contributed by atoms with van der Waals surface area (Å²) in [6.45, 7) is 8.45. The summed E-state index contributed by atoms with van der Waals surface area (Å²) in [4.78, 5) is 32.5. The second-order valence-electron chi connectivity index (χ2n) is 8.38. The molecule has 152 valence electrons. The van der Waals surface area contributed by atoms with E-state index in [0.29, 0.717) is 5.39 Å². The number of aromatic nitrogens is 2. The zero-order valence-electron chi connectivity index (χ0n) is 17.4. The molecule has 4 rings (SSSR count). The van der Waals surface area contributed by atoms with Crippen LogP contribution < -0.4 is 10.9 Å². The van der Waals surface area contributed by atoms with Gasteiger partial charge in [0.25, 0.3) is 5.56 Å². The van der Waals surface area contributed by atoms with Crippen LogP contribution in [0.5, 0.6) is 0 Å². The number of rotatable bonds is 5. The summed E-state index contributed by atoms with van der Waals surface area (Å²) in [5.74, 6) is 0.381. The Balaban J connectivity index is 1.65. The smallest absolute Gasteiger partial charge is 0.262 e. The highest BCUT2D eigenvalue weighted by Crippen LogP contribution is 2.34. The van der Waals surface area contributed by atoms with Crippen LogP contribution in [0.4, 0.5) is 5.69 Å². The van der Waals surface area contributed by atoms with Gasteiger partial charge in [0.2, 0.25) is 5.91 Å². The van der Waals surface area contributed by atoms with Gasteiger partial charge in [0.1, 0.15) is 11.4 Å². The van der Waals surface area contributed by atoms with E-state index in [1.54, 1.807) is 11.3 Å². The van der Waals surface area contributed by atoms with Crippen LogP contribution in [0.2, 0.25) is 0 Å². The monoisotopic (exact) mass is 409 g/mol. The fraction of sp³-hybridized carbons (Fsp3) is 0.435. The van der Waals surface area contributed by atoms with E-state index >= 15 is 0 Å². The standard InChI is InChI=1S/C23H27N3O2S/c1-13(2)15-7-5-8-16(14(3)4)21(15)25-19(27)11-26-12-24-22-20(23(26)28)17-9-6-10-18(17)29-22/h5,7-8,12-14H,6,9-11H2,1-4H3,(H,25,27). The molecule has 1 aliphatic rings. The molecule has 29 heavy (non-hydrogen) atoms. The molecule has 5 nitrogen and oxygen atoms in total. The number of anilines is 1. The zero-order valence-corrected chi connectivity index (χ0v) is 18.2. The number of hydrogen-bond donors (Lipinski definition) is 1. The Hall–Kier alpha value is -2.47. The summed E-state index contributed by atoms with van der Waals surface area (Å²) < 4.78 is 1.44. The summed E-state index contributed by atoms with van der Waals surface area (Å²) in [7, 11) is 0. The first-order valence-electron chi connectivity index (χ1n) is 10.3. The van der Waals surface area contributed by atoms with Crippen molar-refractivity contribution in [3.05, 3.63) is 56.4 Å². The number of benzene rings is 1. The number of amides is 1. The number of carbonyl (C=O) groups is 1. The topological polar surface area (TPSA) is 64.0 Å². The molecule has 0 aliphatic heterocycles. The van der Waals surface area contributed by atoms with E-state index in [0.717, 1.165) is 46.5 Å². The van der Waals surface area contributed by atoms with Crippen LogP contribution in [0.3, 0.4) is 0 Å². The molecule has 0 radical (unpaired) electrons. The summed E-state index contributed by atoms with van der Waals surface area (Å²) in [5, 5.41) is 3.80. The first kappa shape index (κ1) is 19.8. The van der Waals surface area contributed by atoms with Gasteiger partial charge in [-0.1, -0.05) is 45.9 Å². The molecule has 2 heterocycles. The predicted octanol–water partition coefficient (Wildman–Crippen LogP) is 4.83. The van der Waals surface area contributed by atoms with Gasteiger partial charge in [0.15, 0.2) is 0 Å². The van der Waals surface area contributed by atoms with Gasteiger partial charge in [-0.2, -0.15) is 0 Å². The van der Waals surface area contributed by atoms with Gasteiger partial charge in [0.05, 0.1) is 11.7 Å². The molecule has 6 heteroatoms. The Kier molecular flexibility index (Phi) is 5.30. The zero-order chi connectivity index (χ0) is 20.7. The van der Waals surface area contributed by atoms with Crippen LogP contribution in [0.25, 0.3) is 10.2 Å². The van der Waals surface area contributed by atoms with Crippen molar-refractivity contribution in [3.63, 3.8) is 0 Å². The van der Waals surface area contributed by atoms with Crippen LogP contribution in [0, 0.1) is 0 Å². The Labute approximate surface area is 174 Å². The van der Waals surface area contributed by atoms with Gasteiger partial charge in [0, 0.05) is 10.6 Å². The van der Waals surface area contributed by atoms with E-state index in [1.165, 1.54) is 15.8 Å². The van der Waals surface area contributed by atoms with Gasteiger partial charge < -0.3 is 5.32 Å². The minimum Gasteiger partial charge on any atom is -0.324 e. The lowest BCUT2D eigenvalue weighted by Crippen LogP contribution is -2.28. The average molecular weight is 410 g/mol. The molecule has 2 aromatic heterocycles. The van der Waals surface area contributed by atoms with Crippen molar-refractivity contribution in [3.8, 4) is 0 Å². The third-order valence-corrected chi connectivity index (χ3v) is 6.84. The molecule has 0 atom stereocenters. The molecule has 3 aromatic rings. The molecule has 1 aromatic carbocycles. The van der Waals surface area contributed by atoms with Gasteiger partial charge in [-0.05, 0) is 47.8 Å². The largest absolute Gasteiger partial charge is 0.324 e. The molecule has 0 unspecified atom stereocenters. The van der Waals surface area contributed by atoms with Crippen molar-refractivity contribution in [2.24, 2.45) is 0 Å². The van der Waals surface area contributed by atoms with E-state index < -0.39 is 0 Å². The van der Waals surface area contributed by atoms with Gasteiger partial charge >= 0.3 is 0 Å². The van der Waals surface area contributed by atoms with Crippen molar-refractivity contribution < 1.29 is 4.79 Å². The molecule has 1 amide bonds. The summed E-state index contributed by atoms with van der Waals surface area (Å²) in [5.41, 5.74) is 4.14. The number of aryl methyl sites for hydroxylation is 2. The molecule has 0 spiro atoms. The maximum Gasteiger partial charge on any atom is 0.262 e. The van der Waals surface area contributed by atoms with Crippen molar-refractivity contribution in [2.75, 3.05) is 5.32 Å². The Bertz CT molecular complexity index is 1110. The van der Waals surface area contributed by atoms with Gasteiger partial charge in [-0.3, -0.25) is 14.2 Å². The van der Waals surface area contributed by atoms with Gasteiger partial charge in [-0.25, -0.2) is 4.98 Å². The second-order valence-corrected chi connectivity index (χ2v) is 9.47. The summed E-state index contributed by atoms with van der Waals surface area (Å²) in [6, 6.07) is 6.15. The molecule has 1 aliphatic carbocycles. The van der Waals surface area contributed by atoms with Crippen LogP contribution in [0.15, 0.2) is 29.3 Å². The van der Waals surface area contributed by atoms with E-state index in [9.17, 15) is 9.59 Å². The lowest BCUT2D eigenvalue weighted by atomic mass is 9.92. The highest BCUT2D eigenvalue weighted by Gasteiger charge is 2.22. The third-order valence-electron chi connectivity index (χ3n) is 5.64. The highest BCUT2D eigenvalue weighted by molar-refractivity contribution is 7.18. The number of nitrogens with one attached hydrogen (secondary N) is 1. The van der Waals surface area contributed by atoms with Crippen LogP contribution in [0.1, 0.15) is 67.5 Å². The third kappa shape index (κ3) is 3.62. The fourth-order valence-corrected chi connectivity index (χ4v) is 5.38. The predicted molar refractivity (Wildman–Crippen MR) is 119 cm³/mol. The first-order valence-corrected chi connectivity index (χ1v) is 11.1. The quantitative estimate of drug-likeness (QED) is 0.656. The van der Waals surface area contributed by atoms with Crippen LogP contribution in [-0.2, 0) is 24.2 Å². The summed E-state index contributed by atoms with van der Waals surface area (Å²) >= 11 is 1.62. The number of hydrogen-bond acceptors (Lipinski definition) is 4. The lowest BCUT2D eigenvalue weighted by molar-refractivity contribution is -0.116. The minimum absolute atomic E-state index is 0.0314. The van der Waals surface area contributed by atoms with Crippen LogP contribution >= 0.6 is 11.3 Å². The lowest BCUT2D eigenvalue weighted by Gasteiger charge is -2.20. The number of carbonyl (C=O) groups excluding carboxylic acids is 1. The molecular weight excluding hydrogens is 382 g/mol. The fourth-order valence-electron chi connectivity index (χ4n) is 4.16.